The molecule has 3 aliphatic heterocycles. The number of hydrogen-bond acceptors (Lipinski definition) is 8. The number of ether oxygens (including phenoxy) is 2. The molecule has 3 aromatic rings. The lowest BCUT2D eigenvalue weighted by atomic mass is 10.0. The number of allylic oxidation sites excluding steroid dienone is 2. The molecule has 10 heteroatoms. The molecular formula is C38H46N6O4. The molecule has 0 radical (unpaired) electrons. The second-order valence-electron chi connectivity index (χ2n) is 12.9. The largest absolute Gasteiger partial charge is 0.453 e. The van der Waals surface area contributed by atoms with Crippen LogP contribution < -0.4 is 26.6 Å². The second-order valence-corrected chi connectivity index (χ2v) is 12.9. The summed E-state index contributed by atoms with van der Waals surface area (Å²) >= 11 is 0. The highest BCUT2D eigenvalue weighted by Gasteiger charge is 2.35. The Morgan fingerprint density at radius 2 is 1.54 bits per heavy atom. The molecule has 0 spiro atoms. The number of morpholine rings is 1. The number of alkyl carbamates (subject to hydrolysis) is 1. The summed E-state index contributed by atoms with van der Waals surface area (Å²) in [5.41, 5.74) is 13.3. The van der Waals surface area contributed by atoms with Crippen LogP contribution in [0.4, 0.5) is 21.9 Å². The van der Waals surface area contributed by atoms with Gasteiger partial charge in [0, 0.05) is 36.4 Å². The van der Waals surface area contributed by atoms with E-state index >= 15 is 0 Å². The van der Waals surface area contributed by atoms with E-state index < -0.39 is 12.1 Å². The van der Waals surface area contributed by atoms with Crippen molar-refractivity contribution in [3.63, 3.8) is 0 Å². The molecule has 3 aromatic carbocycles. The summed E-state index contributed by atoms with van der Waals surface area (Å²) in [5.74, 6) is -0.398. The third-order valence-corrected chi connectivity index (χ3v) is 9.48. The van der Waals surface area contributed by atoms with E-state index in [2.05, 4.69) is 92.6 Å². The number of amides is 2. The first-order chi connectivity index (χ1) is 23.3. The van der Waals surface area contributed by atoms with Crippen molar-refractivity contribution in [2.24, 2.45) is 5.92 Å². The summed E-state index contributed by atoms with van der Waals surface area (Å²) in [6.07, 6.45) is 8.07. The van der Waals surface area contributed by atoms with Crippen LogP contribution >= 0.6 is 0 Å². The lowest BCUT2D eigenvalue weighted by Gasteiger charge is -2.34. The topological polar surface area (TPSA) is 121 Å². The van der Waals surface area contributed by atoms with Gasteiger partial charge in [0.15, 0.2) is 0 Å². The lowest BCUT2D eigenvalue weighted by molar-refractivity contribution is -0.119. The number of nitrogen functional groups attached to an aromatic ring is 1. The molecule has 0 bridgehead atoms. The van der Waals surface area contributed by atoms with Gasteiger partial charge in [-0.1, -0.05) is 56.3 Å². The molecule has 252 valence electrons. The van der Waals surface area contributed by atoms with Gasteiger partial charge in [-0.25, -0.2) is 4.79 Å². The van der Waals surface area contributed by atoms with Gasteiger partial charge >= 0.3 is 6.09 Å². The van der Waals surface area contributed by atoms with Gasteiger partial charge in [0.25, 0.3) is 0 Å². The zero-order valence-corrected chi connectivity index (χ0v) is 27.9. The summed E-state index contributed by atoms with van der Waals surface area (Å²) in [6, 6.07) is 24.7. The van der Waals surface area contributed by atoms with Crippen LogP contribution in [0.25, 0.3) is 5.57 Å². The SMILES string of the molecule is COC(=O)N[C@H](C(=O)Nc1ccc(C2CCC(c3ccc(N)cc3)N2c2ccc(C3=CNC(N4CCOCC4)C=C3)cc2)cc1)C(C)C. The van der Waals surface area contributed by atoms with Crippen LogP contribution in [0.1, 0.15) is 55.5 Å². The quantitative estimate of drug-likeness (QED) is 0.214. The Morgan fingerprint density at radius 3 is 2.10 bits per heavy atom. The molecule has 0 aliphatic carbocycles. The van der Waals surface area contributed by atoms with Crippen LogP contribution in [0.15, 0.2) is 91.1 Å². The number of benzene rings is 3. The van der Waals surface area contributed by atoms with Crippen molar-refractivity contribution in [2.75, 3.05) is 49.4 Å². The molecule has 2 fully saturated rings. The number of nitrogens with one attached hydrogen (secondary N) is 3. The number of dihydropyridines is 1. The van der Waals surface area contributed by atoms with Crippen LogP contribution in [0.5, 0.6) is 0 Å². The van der Waals surface area contributed by atoms with Crippen molar-refractivity contribution in [1.29, 1.82) is 0 Å². The fourth-order valence-corrected chi connectivity index (χ4v) is 6.84. The number of anilines is 3. The van der Waals surface area contributed by atoms with E-state index in [1.165, 1.54) is 18.2 Å². The minimum Gasteiger partial charge on any atom is -0.453 e. The third-order valence-electron chi connectivity index (χ3n) is 9.48. The Hall–Kier alpha value is -4.80. The summed E-state index contributed by atoms with van der Waals surface area (Å²) in [7, 11) is 1.28. The van der Waals surface area contributed by atoms with Gasteiger partial charge in [0.2, 0.25) is 5.91 Å². The van der Waals surface area contributed by atoms with E-state index in [-0.39, 0.29) is 30.1 Å². The molecule has 10 nitrogen and oxygen atoms in total. The molecule has 2 saturated heterocycles. The summed E-state index contributed by atoms with van der Waals surface area (Å²) in [6.45, 7) is 7.16. The minimum absolute atomic E-state index is 0.110. The molecule has 3 heterocycles. The average molecular weight is 651 g/mol. The van der Waals surface area contributed by atoms with Crippen molar-refractivity contribution >= 4 is 34.6 Å². The van der Waals surface area contributed by atoms with Crippen molar-refractivity contribution in [1.82, 2.24) is 15.5 Å². The van der Waals surface area contributed by atoms with E-state index in [9.17, 15) is 9.59 Å². The van der Waals surface area contributed by atoms with E-state index in [1.807, 2.05) is 38.1 Å². The summed E-state index contributed by atoms with van der Waals surface area (Å²) in [4.78, 5) is 29.7. The number of nitrogens with two attached hydrogens (primary N) is 1. The molecule has 5 N–H and O–H groups in total. The molecule has 4 atom stereocenters. The normalized spacial score (nSPS) is 21.7. The molecule has 3 aliphatic rings. The first-order valence-corrected chi connectivity index (χ1v) is 16.8. The first kappa shape index (κ1) is 33.1. The van der Waals surface area contributed by atoms with Gasteiger partial charge in [-0.2, -0.15) is 0 Å². The van der Waals surface area contributed by atoms with Crippen molar-refractivity contribution in [2.45, 2.75) is 51.0 Å². The molecule has 0 aromatic heterocycles. The maximum absolute atomic E-state index is 13.0. The van der Waals surface area contributed by atoms with Crippen LogP contribution in [0.2, 0.25) is 0 Å². The minimum atomic E-state index is -0.715. The predicted molar refractivity (Wildman–Crippen MR) is 190 cm³/mol. The van der Waals surface area contributed by atoms with Gasteiger partial charge in [-0.05, 0) is 83.5 Å². The van der Waals surface area contributed by atoms with E-state index in [0.29, 0.717) is 5.69 Å². The van der Waals surface area contributed by atoms with Crippen molar-refractivity contribution < 1.29 is 19.1 Å². The van der Waals surface area contributed by atoms with Crippen LogP contribution in [0, 0.1) is 5.92 Å². The predicted octanol–water partition coefficient (Wildman–Crippen LogP) is 5.83. The number of hydrogen-bond donors (Lipinski definition) is 4. The van der Waals surface area contributed by atoms with Crippen LogP contribution in [-0.2, 0) is 14.3 Å². The Kier molecular flexibility index (Phi) is 10.3. The zero-order valence-electron chi connectivity index (χ0n) is 27.9. The van der Waals surface area contributed by atoms with Crippen LogP contribution in [-0.4, -0.2) is 62.5 Å². The Labute approximate surface area is 283 Å². The maximum atomic E-state index is 13.0. The highest BCUT2D eigenvalue weighted by molar-refractivity contribution is 5.96. The van der Waals surface area contributed by atoms with Gasteiger partial charge in [0.1, 0.15) is 6.04 Å². The standard InChI is InChI=1S/C38H46N6O4/c1-25(2)36(42-38(46)47-3)37(45)41-31-13-6-28(7-14-31)34-18-17-33(27-4-11-30(39)12-5-27)44(34)32-15-8-26(9-16-32)29-10-19-35(40-24-29)43-20-22-48-23-21-43/h4-16,19,24-25,33-36,40H,17-18,20-23,39H2,1-3H3,(H,41,45)(H,42,46)/t33?,34?,35?,36-/m0/s1. The number of nitrogens with zero attached hydrogens (tertiary/aromatic N) is 2. The molecule has 6 rings (SSSR count). The third kappa shape index (κ3) is 7.50. The first-order valence-electron chi connectivity index (χ1n) is 16.8. The highest BCUT2D eigenvalue weighted by atomic mass is 16.5. The molecular weight excluding hydrogens is 604 g/mol. The fourth-order valence-electron chi connectivity index (χ4n) is 6.84. The van der Waals surface area contributed by atoms with Crippen LogP contribution in [0.3, 0.4) is 0 Å². The summed E-state index contributed by atoms with van der Waals surface area (Å²) < 4.78 is 10.2. The van der Waals surface area contributed by atoms with E-state index in [0.717, 1.165) is 61.7 Å². The lowest BCUT2D eigenvalue weighted by Crippen LogP contribution is -2.48. The van der Waals surface area contributed by atoms with Crippen molar-refractivity contribution in [3.05, 3.63) is 108 Å². The van der Waals surface area contributed by atoms with Gasteiger partial charge in [-0.3, -0.25) is 9.69 Å². The van der Waals surface area contributed by atoms with Crippen molar-refractivity contribution in [3.8, 4) is 0 Å². The smallest absolute Gasteiger partial charge is 0.407 e. The second kappa shape index (κ2) is 15.0. The maximum Gasteiger partial charge on any atom is 0.407 e. The monoisotopic (exact) mass is 650 g/mol. The summed E-state index contributed by atoms with van der Waals surface area (Å²) in [5, 5.41) is 9.14. The Morgan fingerprint density at radius 1 is 0.917 bits per heavy atom. The fraction of sp³-hybridized carbons (Fsp3) is 0.368. The number of rotatable bonds is 9. The van der Waals surface area contributed by atoms with Gasteiger partial charge in [-0.15, -0.1) is 0 Å². The molecule has 48 heavy (non-hydrogen) atoms. The Bertz CT molecular complexity index is 1610. The highest BCUT2D eigenvalue weighted by Crippen LogP contribution is 2.47. The van der Waals surface area contributed by atoms with Gasteiger partial charge in [0.05, 0.1) is 38.6 Å². The number of carbonyl (C=O) groups excluding carboxylic acids is 2. The zero-order chi connectivity index (χ0) is 33.6. The molecule has 2 amide bonds. The molecule has 3 unspecified atom stereocenters. The number of carbonyl (C=O) groups is 2. The Balaban J connectivity index is 1.20. The van der Waals surface area contributed by atoms with E-state index in [4.69, 9.17) is 15.2 Å². The average Bonchev–Trinajstić information content (AvgIpc) is 3.56. The van der Waals surface area contributed by atoms with E-state index in [1.54, 1.807) is 0 Å². The number of methoxy groups -OCH3 is 1. The van der Waals surface area contributed by atoms with Gasteiger partial charge < -0.3 is 36.1 Å². The molecule has 0 saturated carbocycles.